The van der Waals surface area contributed by atoms with Gasteiger partial charge in [0.15, 0.2) is 12.4 Å². The standard InChI is InChI=1S/C24H16BrCl2FN4O3/c1-13-30-20-7-6-15(25)10-16(20)24(34)32(13)29-11-14-8-17(26)23(18(27)9-14)35-12-22(33)31-21-5-3-2-4-19(21)28/h2-11H,12H2,1H3,(H,31,33). The van der Waals surface area contributed by atoms with Crippen LogP contribution in [0.4, 0.5) is 10.1 Å². The number of anilines is 1. The Morgan fingerprint density at radius 2 is 1.91 bits per heavy atom. The highest BCUT2D eigenvalue weighted by atomic mass is 79.9. The van der Waals surface area contributed by atoms with Gasteiger partial charge in [-0.25, -0.2) is 9.37 Å². The van der Waals surface area contributed by atoms with E-state index >= 15 is 0 Å². The van der Waals surface area contributed by atoms with Gasteiger partial charge in [0.05, 0.1) is 32.9 Å². The fraction of sp³-hybridized carbons (Fsp3) is 0.0833. The number of amides is 1. The van der Waals surface area contributed by atoms with Gasteiger partial charge in [-0.3, -0.25) is 9.59 Å². The minimum absolute atomic E-state index is 0.0333. The van der Waals surface area contributed by atoms with Gasteiger partial charge in [-0.15, -0.1) is 0 Å². The van der Waals surface area contributed by atoms with Gasteiger partial charge in [0.2, 0.25) is 0 Å². The third-order valence-electron chi connectivity index (χ3n) is 4.81. The van der Waals surface area contributed by atoms with E-state index < -0.39 is 18.3 Å². The van der Waals surface area contributed by atoms with Crippen molar-refractivity contribution in [2.24, 2.45) is 5.10 Å². The van der Waals surface area contributed by atoms with Crippen LogP contribution < -0.4 is 15.6 Å². The summed E-state index contributed by atoms with van der Waals surface area (Å²) in [6.45, 7) is 1.23. The van der Waals surface area contributed by atoms with Crippen molar-refractivity contribution in [3.8, 4) is 5.75 Å². The lowest BCUT2D eigenvalue weighted by Crippen LogP contribution is -2.21. The van der Waals surface area contributed by atoms with Gasteiger partial charge in [-0.2, -0.15) is 9.78 Å². The summed E-state index contributed by atoms with van der Waals surface area (Å²) in [5, 5.41) is 7.32. The summed E-state index contributed by atoms with van der Waals surface area (Å²) in [7, 11) is 0. The van der Waals surface area contributed by atoms with Crippen LogP contribution in [0.2, 0.25) is 10.0 Å². The zero-order chi connectivity index (χ0) is 25.1. The van der Waals surface area contributed by atoms with Crippen molar-refractivity contribution in [1.29, 1.82) is 0 Å². The first-order valence-corrected chi connectivity index (χ1v) is 11.7. The lowest BCUT2D eigenvalue weighted by atomic mass is 10.2. The Morgan fingerprint density at radius 1 is 1.20 bits per heavy atom. The summed E-state index contributed by atoms with van der Waals surface area (Å²) >= 11 is 15.9. The Hall–Kier alpha value is -3.27. The summed E-state index contributed by atoms with van der Waals surface area (Å²) in [4.78, 5) is 29.4. The van der Waals surface area contributed by atoms with E-state index in [9.17, 15) is 14.0 Å². The fourth-order valence-corrected chi connectivity index (χ4v) is 4.17. The molecule has 7 nitrogen and oxygen atoms in total. The molecule has 0 aliphatic heterocycles. The van der Waals surface area contributed by atoms with Crippen LogP contribution in [0.15, 0.2) is 69.0 Å². The van der Waals surface area contributed by atoms with Gasteiger partial charge >= 0.3 is 0 Å². The number of carbonyl (C=O) groups excluding carboxylic acids is 1. The molecule has 0 saturated heterocycles. The minimum Gasteiger partial charge on any atom is -0.481 e. The van der Waals surface area contributed by atoms with Crippen LogP contribution >= 0.6 is 39.1 Å². The number of para-hydroxylation sites is 1. The molecule has 1 N–H and O–H groups in total. The van der Waals surface area contributed by atoms with E-state index in [-0.39, 0.29) is 27.0 Å². The maximum atomic E-state index is 13.7. The molecule has 1 amide bonds. The number of aryl methyl sites for hydroxylation is 1. The molecule has 1 heterocycles. The summed E-state index contributed by atoms with van der Waals surface area (Å²) in [5.74, 6) is -0.666. The Bertz CT molecular complexity index is 1520. The van der Waals surface area contributed by atoms with Crippen LogP contribution in [-0.4, -0.2) is 28.4 Å². The molecule has 4 aromatic rings. The molecular weight excluding hydrogens is 562 g/mol. The number of benzene rings is 3. The quantitative estimate of drug-likeness (QED) is 0.293. The van der Waals surface area contributed by atoms with Crippen molar-refractivity contribution in [2.45, 2.75) is 6.92 Å². The SMILES string of the molecule is Cc1nc2ccc(Br)cc2c(=O)n1N=Cc1cc(Cl)c(OCC(=O)Nc2ccccc2F)c(Cl)c1. The van der Waals surface area contributed by atoms with Crippen LogP contribution in [-0.2, 0) is 4.79 Å². The average molecular weight is 578 g/mol. The third-order valence-corrected chi connectivity index (χ3v) is 5.86. The molecule has 1 aromatic heterocycles. The second-order valence-electron chi connectivity index (χ2n) is 7.31. The highest BCUT2D eigenvalue weighted by Crippen LogP contribution is 2.34. The first-order chi connectivity index (χ1) is 16.7. The zero-order valence-corrected chi connectivity index (χ0v) is 21.2. The highest BCUT2D eigenvalue weighted by Gasteiger charge is 2.13. The number of ether oxygens (including phenoxy) is 1. The Labute approximate surface area is 217 Å². The van der Waals surface area contributed by atoms with Crippen LogP contribution in [0.25, 0.3) is 10.9 Å². The summed E-state index contributed by atoms with van der Waals surface area (Å²) in [5.41, 5.74) is 0.756. The molecule has 178 valence electrons. The van der Waals surface area contributed by atoms with Gasteiger partial charge in [-0.1, -0.05) is 51.3 Å². The number of hydrogen-bond donors (Lipinski definition) is 1. The zero-order valence-electron chi connectivity index (χ0n) is 18.1. The molecule has 0 fully saturated rings. The molecule has 0 atom stereocenters. The number of fused-ring (bicyclic) bond motifs is 1. The van der Waals surface area contributed by atoms with E-state index in [1.165, 1.54) is 41.2 Å². The van der Waals surface area contributed by atoms with Crippen molar-refractivity contribution in [3.63, 3.8) is 0 Å². The number of carbonyl (C=O) groups is 1. The number of nitrogens with one attached hydrogen (secondary N) is 1. The van der Waals surface area contributed by atoms with E-state index in [0.29, 0.717) is 22.3 Å². The molecule has 4 rings (SSSR count). The van der Waals surface area contributed by atoms with Crippen molar-refractivity contribution in [3.05, 3.63) is 96.7 Å². The van der Waals surface area contributed by atoms with Crippen LogP contribution in [0, 0.1) is 12.7 Å². The van der Waals surface area contributed by atoms with Crippen molar-refractivity contribution < 1.29 is 13.9 Å². The molecule has 0 bridgehead atoms. The number of hydrogen-bond acceptors (Lipinski definition) is 5. The summed E-state index contributed by atoms with van der Waals surface area (Å²) < 4.78 is 21.1. The highest BCUT2D eigenvalue weighted by molar-refractivity contribution is 9.10. The van der Waals surface area contributed by atoms with E-state index in [4.69, 9.17) is 27.9 Å². The molecule has 11 heteroatoms. The van der Waals surface area contributed by atoms with Gasteiger partial charge < -0.3 is 10.1 Å². The lowest BCUT2D eigenvalue weighted by molar-refractivity contribution is -0.118. The van der Waals surface area contributed by atoms with E-state index in [2.05, 4.69) is 31.3 Å². The van der Waals surface area contributed by atoms with Crippen LogP contribution in [0.1, 0.15) is 11.4 Å². The minimum atomic E-state index is -0.585. The van der Waals surface area contributed by atoms with Gasteiger partial charge in [0.1, 0.15) is 11.6 Å². The summed E-state index contributed by atoms with van der Waals surface area (Å²) in [6, 6.07) is 14.0. The largest absolute Gasteiger partial charge is 0.481 e. The molecule has 0 spiro atoms. The molecule has 0 aliphatic rings. The molecule has 0 radical (unpaired) electrons. The lowest BCUT2D eigenvalue weighted by Gasteiger charge is -2.11. The molecule has 3 aromatic carbocycles. The van der Waals surface area contributed by atoms with Crippen molar-refractivity contribution in [1.82, 2.24) is 9.66 Å². The van der Waals surface area contributed by atoms with E-state index in [0.717, 1.165) is 4.47 Å². The smallest absolute Gasteiger partial charge is 0.282 e. The molecule has 0 aliphatic carbocycles. The maximum absolute atomic E-state index is 13.7. The predicted octanol–water partition coefficient (Wildman–Crippen LogP) is 5.81. The topological polar surface area (TPSA) is 85.6 Å². The van der Waals surface area contributed by atoms with E-state index in [1.807, 2.05) is 0 Å². The van der Waals surface area contributed by atoms with Crippen molar-refractivity contribution >= 4 is 67.8 Å². The molecule has 0 saturated carbocycles. The maximum Gasteiger partial charge on any atom is 0.282 e. The first-order valence-electron chi connectivity index (χ1n) is 10.1. The van der Waals surface area contributed by atoms with Gasteiger partial charge in [-0.05, 0) is 55.0 Å². The van der Waals surface area contributed by atoms with Gasteiger partial charge in [0, 0.05) is 4.47 Å². The Balaban J connectivity index is 1.52. The van der Waals surface area contributed by atoms with E-state index in [1.54, 1.807) is 31.2 Å². The average Bonchev–Trinajstić information content (AvgIpc) is 2.80. The molecule has 0 unspecified atom stereocenters. The van der Waals surface area contributed by atoms with Crippen LogP contribution in [0.5, 0.6) is 5.75 Å². The number of rotatable bonds is 6. The van der Waals surface area contributed by atoms with Crippen molar-refractivity contribution in [2.75, 3.05) is 11.9 Å². The monoisotopic (exact) mass is 576 g/mol. The van der Waals surface area contributed by atoms with Gasteiger partial charge in [0.25, 0.3) is 11.5 Å². The molecular formula is C24H16BrCl2FN4O3. The Morgan fingerprint density at radius 3 is 2.63 bits per heavy atom. The first kappa shape index (κ1) is 24.8. The Kier molecular flexibility index (Phi) is 7.49. The number of nitrogens with zero attached hydrogens (tertiary/aromatic N) is 3. The third kappa shape index (κ3) is 5.70. The molecule has 35 heavy (non-hydrogen) atoms. The normalized spacial score (nSPS) is 11.2. The predicted molar refractivity (Wildman–Crippen MR) is 138 cm³/mol. The second kappa shape index (κ2) is 10.6. The summed E-state index contributed by atoms with van der Waals surface area (Å²) in [6.07, 6.45) is 1.41. The number of halogens is 4. The second-order valence-corrected chi connectivity index (χ2v) is 9.04. The number of aromatic nitrogens is 2. The fourth-order valence-electron chi connectivity index (χ4n) is 3.20. The van der Waals surface area contributed by atoms with Crippen LogP contribution in [0.3, 0.4) is 0 Å².